The lowest BCUT2D eigenvalue weighted by Crippen LogP contribution is -1.77. The average molecular weight is 263 g/mol. The maximum Gasteiger partial charge on any atom is 0.0897 e. The van der Waals surface area contributed by atoms with Crippen LogP contribution in [0.1, 0.15) is 18.1 Å². The van der Waals surface area contributed by atoms with Crippen molar-refractivity contribution in [1.82, 2.24) is 0 Å². The topological polar surface area (TPSA) is 0 Å². The minimum Gasteiger partial charge on any atom is -0.213 e. The number of allylic oxidation sites excluding steroid dienone is 1. The van der Waals surface area contributed by atoms with Gasteiger partial charge in [-0.1, -0.05) is 55.1 Å². The number of hydrogen-bond donors (Lipinski definition) is 0. The number of rotatable bonds is 0. The summed E-state index contributed by atoms with van der Waals surface area (Å²) in [5.41, 5.74) is 5.75. The molecule has 0 heterocycles. The van der Waals surface area contributed by atoms with Crippen molar-refractivity contribution in [2.75, 3.05) is 0 Å². The highest BCUT2D eigenvalue weighted by molar-refractivity contribution is 5.85. The van der Waals surface area contributed by atoms with Crippen LogP contribution < -0.4 is 0 Å². The number of benzene rings is 2. The molecule has 2 aromatic carbocycles. The highest BCUT2D eigenvalue weighted by Crippen LogP contribution is 2.35. The summed E-state index contributed by atoms with van der Waals surface area (Å²) in [5.74, 6) is -0.333. The average Bonchev–Trinajstić information content (AvgIpc) is 2.66. The maximum atomic E-state index is 10.8. The van der Waals surface area contributed by atoms with Crippen LogP contribution in [0.3, 0.4) is 0 Å². The maximum absolute atomic E-state index is 10.8. The summed E-state index contributed by atoms with van der Waals surface area (Å²) in [4.78, 5) is 0. The van der Waals surface area contributed by atoms with E-state index in [4.69, 9.17) is 0 Å². The molecule has 0 aromatic heterocycles. The predicted octanol–water partition coefficient (Wildman–Crippen LogP) is 5.17. The molecule has 0 aliphatic heterocycles. The fraction of sp³-hybridized carbons (Fsp3) is 0.125. The van der Waals surface area contributed by atoms with E-state index in [1.165, 1.54) is 29.2 Å². The molecule has 0 spiro atoms. The number of halogens is 2. The highest BCUT2D eigenvalue weighted by atomic mass is 35.5. The quantitative estimate of drug-likeness (QED) is 0.524. The third-order valence-corrected chi connectivity index (χ3v) is 2.71. The molecule has 0 fully saturated rings. The molecule has 2 aromatic rings. The Bertz CT molecular complexity index is 499. The van der Waals surface area contributed by atoms with Crippen LogP contribution >= 0.6 is 12.4 Å². The van der Waals surface area contributed by atoms with Crippen molar-refractivity contribution in [3.05, 3.63) is 72.1 Å². The Labute approximate surface area is 114 Å². The van der Waals surface area contributed by atoms with Crippen LogP contribution in [0.15, 0.2) is 60.9 Å². The predicted molar refractivity (Wildman–Crippen MR) is 77.9 cm³/mol. The monoisotopic (exact) mass is 262 g/mol. The molecule has 0 bridgehead atoms. The van der Waals surface area contributed by atoms with Crippen molar-refractivity contribution in [3.63, 3.8) is 0 Å². The van der Waals surface area contributed by atoms with E-state index >= 15 is 0 Å². The molecule has 0 saturated carbocycles. The van der Waals surface area contributed by atoms with Gasteiger partial charge in [0.2, 0.25) is 0 Å². The molecule has 3 rings (SSSR count). The SMILES string of the molecule is C=C(C)F.Cl.c1ccc2c(c1)Cc1ccccc1-2. The van der Waals surface area contributed by atoms with Crippen molar-refractivity contribution in [3.8, 4) is 11.1 Å². The summed E-state index contributed by atoms with van der Waals surface area (Å²) >= 11 is 0. The van der Waals surface area contributed by atoms with E-state index in [0.717, 1.165) is 6.42 Å². The lowest BCUT2D eigenvalue weighted by atomic mass is 10.1. The highest BCUT2D eigenvalue weighted by Gasteiger charge is 2.15. The minimum atomic E-state index is -0.333. The zero-order chi connectivity index (χ0) is 12.3. The van der Waals surface area contributed by atoms with Crippen LogP contribution in [0.5, 0.6) is 0 Å². The Morgan fingerprint density at radius 3 is 1.67 bits per heavy atom. The summed E-state index contributed by atoms with van der Waals surface area (Å²) in [6, 6.07) is 17.3. The summed E-state index contributed by atoms with van der Waals surface area (Å²) in [5, 5.41) is 0. The molecule has 0 atom stereocenters. The van der Waals surface area contributed by atoms with E-state index in [1.807, 2.05) is 0 Å². The van der Waals surface area contributed by atoms with Crippen LogP contribution in [0.25, 0.3) is 11.1 Å². The Balaban J connectivity index is 0.000000289. The van der Waals surface area contributed by atoms with Crippen molar-refractivity contribution in [2.45, 2.75) is 13.3 Å². The second kappa shape index (κ2) is 6.36. The van der Waals surface area contributed by atoms with Crippen LogP contribution in [-0.2, 0) is 6.42 Å². The summed E-state index contributed by atoms with van der Waals surface area (Å²) in [6.45, 7) is 4.19. The Morgan fingerprint density at radius 2 is 1.28 bits per heavy atom. The second-order valence-electron chi connectivity index (χ2n) is 4.17. The lowest BCUT2D eigenvalue weighted by molar-refractivity contribution is 0.645. The largest absolute Gasteiger partial charge is 0.213 e. The van der Waals surface area contributed by atoms with Crippen molar-refractivity contribution in [2.24, 2.45) is 0 Å². The van der Waals surface area contributed by atoms with Crippen LogP contribution in [0.2, 0.25) is 0 Å². The normalized spacial score (nSPS) is 10.3. The van der Waals surface area contributed by atoms with Crippen LogP contribution in [0.4, 0.5) is 4.39 Å². The lowest BCUT2D eigenvalue weighted by Gasteiger charge is -1.98. The molecule has 0 radical (unpaired) electrons. The first-order valence-electron chi connectivity index (χ1n) is 5.65. The van der Waals surface area contributed by atoms with Gasteiger partial charge in [0, 0.05) is 0 Å². The molecule has 2 heteroatoms. The molecule has 0 unspecified atom stereocenters. The van der Waals surface area contributed by atoms with Gasteiger partial charge in [-0.3, -0.25) is 0 Å². The second-order valence-corrected chi connectivity index (χ2v) is 4.17. The molecule has 94 valence electrons. The van der Waals surface area contributed by atoms with Gasteiger partial charge in [-0.25, -0.2) is 4.39 Å². The number of fused-ring (bicyclic) bond motifs is 3. The van der Waals surface area contributed by atoms with E-state index in [-0.39, 0.29) is 18.2 Å². The molecule has 18 heavy (non-hydrogen) atoms. The third-order valence-electron chi connectivity index (χ3n) is 2.71. The Kier molecular flexibility index (Phi) is 5.11. The van der Waals surface area contributed by atoms with Gasteiger partial charge >= 0.3 is 0 Å². The third kappa shape index (κ3) is 3.21. The van der Waals surface area contributed by atoms with E-state index < -0.39 is 0 Å². The van der Waals surface area contributed by atoms with E-state index in [2.05, 4.69) is 55.1 Å². The van der Waals surface area contributed by atoms with Gasteiger partial charge in [0.25, 0.3) is 0 Å². The van der Waals surface area contributed by atoms with E-state index in [0.29, 0.717) is 0 Å². The fourth-order valence-corrected chi connectivity index (χ4v) is 2.08. The molecule has 0 N–H and O–H groups in total. The van der Waals surface area contributed by atoms with Gasteiger partial charge in [0.1, 0.15) is 0 Å². The molecule has 0 saturated heterocycles. The minimum absolute atomic E-state index is 0. The van der Waals surface area contributed by atoms with Gasteiger partial charge < -0.3 is 0 Å². The van der Waals surface area contributed by atoms with E-state index in [9.17, 15) is 4.39 Å². The zero-order valence-corrected chi connectivity index (χ0v) is 11.1. The Hall–Kier alpha value is -1.60. The summed E-state index contributed by atoms with van der Waals surface area (Å²) < 4.78 is 10.8. The van der Waals surface area contributed by atoms with Crippen molar-refractivity contribution >= 4 is 12.4 Å². The van der Waals surface area contributed by atoms with Gasteiger partial charge in [-0.05, 0) is 35.6 Å². The molecule has 1 aliphatic carbocycles. The van der Waals surface area contributed by atoms with Gasteiger partial charge in [0.15, 0.2) is 0 Å². The fourth-order valence-electron chi connectivity index (χ4n) is 2.08. The van der Waals surface area contributed by atoms with Gasteiger partial charge in [-0.2, -0.15) is 0 Å². The molecular weight excluding hydrogens is 247 g/mol. The van der Waals surface area contributed by atoms with Gasteiger partial charge in [-0.15, -0.1) is 12.4 Å². The standard InChI is InChI=1S/C13H10.C3H5F.ClH/c1-3-7-12-10(5-1)9-11-6-2-4-8-13(11)12;1-3(2)4;/h1-8H,9H2;1H2,2H3;1H. The summed E-state index contributed by atoms with van der Waals surface area (Å²) in [6.07, 6.45) is 1.10. The van der Waals surface area contributed by atoms with Gasteiger partial charge in [0.05, 0.1) is 5.83 Å². The van der Waals surface area contributed by atoms with Crippen molar-refractivity contribution < 1.29 is 4.39 Å². The first-order valence-corrected chi connectivity index (χ1v) is 5.65. The molecule has 0 nitrogen and oxygen atoms in total. The van der Waals surface area contributed by atoms with Crippen LogP contribution in [0, 0.1) is 0 Å². The molecule has 1 aliphatic rings. The summed E-state index contributed by atoms with van der Waals surface area (Å²) in [7, 11) is 0. The smallest absolute Gasteiger partial charge is 0.0897 e. The molecule has 0 amide bonds. The molecular formula is C16H16ClF. The van der Waals surface area contributed by atoms with Crippen molar-refractivity contribution in [1.29, 1.82) is 0 Å². The van der Waals surface area contributed by atoms with E-state index in [1.54, 1.807) is 0 Å². The van der Waals surface area contributed by atoms with Crippen LogP contribution in [-0.4, -0.2) is 0 Å². The number of hydrogen-bond acceptors (Lipinski definition) is 0. The Morgan fingerprint density at radius 1 is 0.944 bits per heavy atom. The first kappa shape index (κ1) is 14.5. The zero-order valence-electron chi connectivity index (χ0n) is 10.3. The first-order chi connectivity index (χ1) is 8.18.